The summed E-state index contributed by atoms with van der Waals surface area (Å²) < 4.78 is 1.08. The van der Waals surface area contributed by atoms with Gasteiger partial charge in [0.1, 0.15) is 0 Å². The molecule has 0 aliphatic heterocycles. The van der Waals surface area contributed by atoms with Crippen molar-refractivity contribution in [1.29, 1.82) is 0 Å². The average Bonchev–Trinajstić information content (AvgIpc) is 2.83. The van der Waals surface area contributed by atoms with E-state index in [1.807, 2.05) is 23.6 Å². The first-order valence-electron chi connectivity index (χ1n) is 6.12. The minimum atomic E-state index is -0.449. The fourth-order valence-electron chi connectivity index (χ4n) is 2.18. The van der Waals surface area contributed by atoms with Gasteiger partial charge in [0.05, 0.1) is 6.10 Å². The second-order valence-corrected chi connectivity index (χ2v) is 6.47. The summed E-state index contributed by atoms with van der Waals surface area (Å²) in [7, 11) is 0. The molecule has 1 nitrogen and oxygen atoms in total. The highest BCUT2D eigenvalue weighted by molar-refractivity contribution is 9.10. The van der Waals surface area contributed by atoms with E-state index >= 15 is 0 Å². The van der Waals surface area contributed by atoms with Crippen molar-refractivity contribution < 1.29 is 5.11 Å². The van der Waals surface area contributed by atoms with Crippen LogP contribution in [-0.4, -0.2) is 5.11 Å². The number of hydrogen-bond donors (Lipinski definition) is 1. The van der Waals surface area contributed by atoms with E-state index in [9.17, 15) is 5.11 Å². The normalized spacial score (nSPS) is 12.7. The Balaban J connectivity index is 1.86. The molecule has 0 amide bonds. The van der Waals surface area contributed by atoms with E-state index in [1.165, 1.54) is 15.6 Å². The predicted molar refractivity (Wildman–Crippen MR) is 84.6 cm³/mol. The monoisotopic (exact) mass is 332 g/mol. The molecular weight excluding hydrogens is 320 g/mol. The van der Waals surface area contributed by atoms with Crippen molar-refractivity contribution in [2.45, 2.75) is 12.5 Å². The molecule has 3 rings (SSSR count). The van der Waals surface area contributed by atoms with E-state index in [4.69, 9.17) is 0 Å². The van der Waals surface area contributed by atoms with E-state index in [2.05, 4.69) is 46.3 Å². The van der Waals surface area contributed by atoms with Crippen LogP contribution in [0.5, 0.6) is 0 Å². The van der Waals surface area contributed by atoms with Crippen LogP contribution in [0.25, 0.3) is 10.8 Å². The van der Waals surface area contributed by atoms with Gasteiger partial charge in [-0.05, 0) is 44.4 Å². The molecule has 1 heterocycles. The average molecular weight is 333 g/mol. The number of fused-ring (bicyclic) bond motifs is 1. The van der Waals surface area contributed by atoms with Gasteiger partial charge < -0.3 is 5.11 Å². The summed E-state index contributed by atoms with van der Waals surface area (Å²) in [6.07, 6.45) is 0.212. The zero-order valence-electron chi connectivity index (χ0n) is 10.2. The van der Waals surface area contributed by atoms with Gasteiger partial charge in [0.15, 0.2) is 0 Å². The van der Waals surface area contributed by atoms with Gasteiger partial charge in [-0.15, -0.1) is 11.3 Å². The summed E-state index contributed by atoms with van der Waals surface area (Å²) in [5.41, 5.74) is 0.975. The van der Waals surface area contributed by atoms with Gasteiger partial charge in [-0.3, -0.25) is 0 Å². The van der Waals surface area contributed by atoms with Gasteiger partial charge in [0.25, 0.3) is 0 Å². The fraction of sp³-hybridized carbons (Fsp3) is 0.125. The quantitative estimate of drug-likeness (QED) is 0.720. The maximum Gasteiger partial charge on any atom is 0.0838 e. The minimum absolute atomic E-state index is 0.449. The molecular formula is C16H13BrOS. The van der Waals surface area contributed by atoms with Crippen molar-refractivity contribution >= 4 is 38.0 Å². The molecule has 0 fully saturated rings. The fourth-order valence-corrected chi connectivity index (χ4v) is 3.67. The highest BCUT2D eigenvalue weighted by Gasteiger charge is 2.10. The van der Waals surface area contributed by atoms with Crippen LogP contribution in [0.3, 0.4) is 0 Å². The van der Waals surface area contributed by atoms with Crippen LogP contribution in [-0.2, 0) is 6.42 Å². The van der Waals surface area contributed by atoms with Crippen LogP contribution >= 0.6 is 27.3 Å². The summed E-state index contributed by atoms with van der Waals surface area (Å²) in [5.74, 6) is 0. The molecule has 19 heavy (non-hydrogen) atoms. The Kier molecular flexibility index (Phi) is 3.69. The number of aliphatic hydroxyl groups excluding tert-OH is 1. The first-order chi connectivity index (χ1) is 9.22. The van der Waals surface area contributed by atoms with E-state index < -0.39 is 6.10 Å². The first-order valence-corrected chi connectivity index (χ1v) is 7.79. The number of halogens is 1. The lowest BCUT2D eigenvalue weighted by Gasteiger charge is -2.10. The molecule has 96 valence electrons. The van der Waals surface area contributed by atoms with Crippen LogP contribution in [0.2, 0.25) is 0 Å². The molecule has 0 saturated heterocycles. The summed E-state index contributed by atoms with van der Waals surface area (Å²) in [5, 5.41) is 14.8. The zero-order valence-corrected chi connectivity index (χ0v) is 12.6. The van der Waals surface area contributed by atoms with Crippen molar-refractivity contribution in [3.8, 4) is 0 Å². The molecule has 1 unspecified atom stereocenters. The topological polar surface area (TPSA) is 20.2 Å². The lowest BCUT2D eigenvalue weighted by Crippen LogP contribution is -2.00. The Labute approximate surface area is 124 Å². The molecule has 0 bridgehead atoms. The van der Waals surface area contributed by atoms with Gasteiger partial charge in [-0.1, -0.05) is 36.4 Å². The van der Waals surface area contributed by atoms with Crippen molar-refractivity contribution in [2.24, 2.45) is 0 Å². The summed E-state index contributed by atoms with van der Waals surface area (Å²) in [6, 6.07) is 16.4. The lowest BCUT2D eigenvalue weighted by molar-refractivity contribution is 0.179. The van der Waals surface area contributed by atoms with E-state index in [0.29, 0.717) is 6.42 Å². The van der Waals surface area contributed by atoms with Gasteiger partial charge in [-0.25, -0.2) is 0 Å². The number of aliphatic hydroxyl groups is 1. The Morgan fingerprint density at radius 3 is 2.58 bits per heavy atom. The van der Waals surface area contributed by atoms with Crippen LogP contribution in [0.1, 0.15) is 16.5 Å². The summed E-state index contributed by atoms with van der Waals surface area (Å²) in [6.45, 7) is 0. The van der Waals surface area contributed by atoms with Crippen molar-refractivity contribution in [3.63, 3.8) is 0 Å². The number of rotatable bonds is 3. The number of hydrogen-bond acceptors (Lipinski definition) is 2. The number of benzene rings is 2. The Hall–Kier alpha value is -1.16. The van der Waals surface area contributed by atoms with Crippen LogP contribution in [0.4, 0.5) is 0 Å². The third kappa shape index (κ3) is 2.89. The Morgan fingerprint density at radius 2 is 1.84 bits per heavy atom. The molecule has 2 aromatic carbocycles. The molecule has 0 saturated carbocycles. The molecule has 0 aliphatic rings. The third-order valence-corrected chi connectivity index (χ3v) is 4.89. The highest BCUT2D eigenvalue weighted by atomic mass is 79.9. The molecule has 1 N–H and O–H groups in total. The SMILES string of the molecule is OC(Cc1cc(Br)cs1)c1ccc2ccccc2c1. The maximum absolute atomic E-state index is 10.3. The molecule has 0 spiro atoms. The van der Waals surface area contributed by atoms with E-state index in [-0.39, 0.29) is 0 Å². The Bertz CT molecular complexity index is 705. The minimum Gasteiger partial charge on any atom is -0.388 e. The van der Waals surface area contributed by atoms with Crippen molar-refractivity contribution in [3.05, 3.63) is 68.8 Å². The van der Waals surface area contributed by atoms with Gasteiger partial charge in [0, 0.05) is 21.2 Å². The molecule has 3 aromatic rings. The summed E-state index contributed by atoms with van der Waals surface area (Å²) in [4.78, 5) is 1.19. The standard InChI is InChI=1S/C16H13BrOS/c17-14-8-15(19-10-14)9-16(18)13-6-5-11-3-1-2-4-12(11)7-13/h1-8,10,16,18H,9H2. The first kappa shape index (κ1) is 12.9. The van der Waals surface area contributed by atoms with Gasteiger partial charge in [-0.2, -0.15) is 0 Å². The van der Waals surface area contributed by atoms with Crippen LogP contribution in [0, 0.1) is 0 Å². The zero-order chi connectivity index (χ0) is 13.2. The van der Waals surface area contributed by atoms with E-state index in [0.717, 1.165) is 10.0 Å². The smallest absolute Gasteiger partial charge is 0.0838 e. The van der Waals surface area contributed by atoms with Crippen molar-refractivity contribution in [1.82, 2.24) is 0 Å². The van der Waals surface area contributed by atoms with E-state index in [1.54, 1.807) is 11.3 Å². The molecule has 3 heteroatoms. The molecule has 0 radical (unpaired) electrons. The van der Waals surface area contributed by atoms with Gasteiger partial charge in [0.2, 0.25) is 0 Å². The maximum atomic E-state index is 10.3. The van der Waals surface area contributed by atoms with Crippen molar-refractivity contribution in [2.75, 3.05) is 0 Å². The third-order valence-electron chi connectivity index (χ3n) is 3.17. The molecule has 0 aliphatic carbocycles. The van der Waals surface area contributed by atoms with Gasteiger partial charge >= 0.3 is 0 Å². The number of thiophene rings is 1. The second kappa shape index (κ2) is 5.45. The summed E-state index contributed by atoms with van der Waals surface area (Å²) >= 11 is 5.11. The van der Waals surface area contributed by atoms with Crippen LogP contribution < -0.4 is 0 Å². The van der Waals surface area contributed by atoms with Crippen LogP contribution in [0.15, 0.2) is 58.4 Å². The lowest BCUT2D eigenvalue weighted by atomic mass is 10.0. The predicted octanol–water partition coefficient (Wildman–Crippen LogP) is 4.94. The Morgan fingerprint density at radius 1 is 1.05 bits per heavy atom. The highest BCUT2D eigenvalue weighted by Crippen LogP contribution is 2.27. The molecule has 1 atom stereocenters. The second-order valence-electron chi connectivity index (χ2n) is 4.56. The largest absolute Gasteiger partial charge is 0.388 e. The molecule has 1 aromatic heterocycles.